The summed E-state index contributed by atoms with van der Waals surface area (Å²) in [6.07, 6.45) is -3.81. The van der Waals surface area contributed by atoms with Gasteiger partial charge in [0.1, 0.15) is 18.3 Å². The van der Waals surface area contributed by atoms with Gasteiger partial charge in [0.2, 0.25) is 0 Å². The molecule has 8 nitrogen and oxygen atoms in total. The molecule has 0 amide bonds. The number of aliphatic hydroxyl groups is 2. The molecule has 0 aromatic rings. The van der Waals surface area contributed by atoms with Gasteiger partial charge in [-0.25, -0.2) is 0 Å². The van der Waals surface area contributed by atoms with Crippen LogP contribution in [-0.2, 0) is 14.2 Å². The largest absolute Gasteiger partial charge is 0.387 e. The topological polar surface area (TPSA) is 117 Å². The van der Waals surface area contributed by atoms with E-state index in [0.717, 1.165) is 0 Å². The first kappa shape index (κ1) is 15.2. The zero-order valence-corrected chi connectivity index (χ0v) is 9.18. The van der Waals surface area contributed by atoms with Crippen molar-refractivity contribution in [3.63, 3.8) is 0 Å². The SMILES string of the molecule is C.[N-]=[N+]=NCC1OC2OCCCOC1C(O)C2O. The molecule has 2 bridgehead atoms. The average Bonchev–Trinajstić information content (AvgIpc) is 2.47. The van der Waals surface area contributed by atoms with Crippen molar-refractivity contribution in [2.45, 2.75) is 44.6 Å². The summed E-state index contributed by atoms with van der Waals surface area (Å²) >= 11 is 0. The molecule has 0 spiro atoms. The average molecular weight is 261 g/mol. The third-order valence-electron chi connectivity index (χ3n) is 2.85. The summed E-state index contributed by atoms with van der Waals surface area (Å²) in [7, 11) is 0. The Morgan fingerprint density at radius 3 is 2.67 bits per heavy atom. The van der Waals surface area contributed by atoms with E-state index in [1.807, 2.05) is 0 Å². The highest BCUT2D eigenvalue weighted by atomic mass is 16.7. The van der Waals surface area contributed by atoms with Gasteiger partial charge in [0, 0.05) is 11.5 Å². The molecule has 8 heteroatoms. The molecule has 3 aliphatic rings. The van der Waals surface area contributed by atoms with Crippen molar-refractivity contribution in [2.75, 3.05) is 19.8 Å². The maximum Gasteiger partial charge on any atom is 0.186 e. The van der Waals surface area contributed by atoms with Crippen molar-refractivity contribution >= 4 is 0 Å². The number of aliphatic hydroxyl groups excluding tert-OH is 2. The van der Waals surface area contributed by atoms with E-state index in [9.17, 15) is 10.2 Å². The molecule has 3 heterocycles. The van der Waals surface area contributed by atoms with Crippen LogP contribution in [0.5, 0.6) is 0 Å². The fraction of sp³-hybridized carbons (Fsp3) is 1.00. The van der Waals surface area contributed by atoms with Gasteiger partial charge in [0.25, 0.3) is 0 Å². The Kier molecular flexibility index (Phi) is 5.80. The number of nitrogens with zero attached hydrogens (tertiary/aromatic N) is 3. The van der Waals surface area contributed by atoms with E-state index in [4.69, 9.17) is 19.7 Å². The van der Waals surface area contributed by atoms with Crippen LogP contribution in [0.2, 0.25) is 0 Å². The molecule has 0 radical (unpaired) electrons. The number of hydrogen-bond donors (Lipinski definition) is 2. The van der Waals surface area contributed by atoms with Crippen LogP contribution >= 0.6 is 0 Å². The molecule has 3 fully saturated rings. The minimum atomic E-state index is -1.15. The van der Waals surface area contributed by atoms with Crippen molar-refractivity contribution in [3.05, 3.63) is 10.4 Å². The maximum atomic E-state index is 9.90. The molecule has 18 heavy (non-hydrogen) atoms. The van der Waals surface area contributed by atoms with E-state index < -0.39 is 30.7 Å². The molecule has 0 saturated carbocycles. The van der Waals surface area contributed by atoms with Gasteiger partial charge in [-0.05, 0) is 12.0 Å². The Labute approximate surface area is 105 Å². The lowest BCUT2D eigenvalue weighted by Gasteiger charge is -2.40. The zero-order chi connectivity index (χ0) is 12.3. The van der Waals surface area contributed by atoms with Gasteiger partial charge in [-0.1, -0.05) is 12.5 Å². The van der Waals surface area contributed by atoms with Crippen molar-refractivity contribution in [1.29, 1.82) is 0 Å². The summed E-state index contributed by atoms with van der Waals surface area (Å²) in [6, 6.07) is 0. The van der Waals surface area contributed by atoms with E-state index in [1.54, 1.807) is 0 Å². The smallest absolute Gasteiger partial charge is 0.186 e. The summed E-state index contributed by atoms with van der Waals surface area (Å²) in [5.41, 5.74) is 8.29. The van der Waals surface area contributed by atoms with Crippen molar-refractivity contribution in [2.24, 2.45) is 5.11 Å². The van der Waals surface area contributed by atoms with Crippen LogP contribution in [0.15, 0.2) is 5.11 Å². The predicted octanol–water partition coefficient (Wildman–Crippen LogP) is 0.185. The van der Waals surface area contributed by atoms with Gasteiger partial charge in [-0.15, -0.1) is 0 Å². The summed E-state index contributed by atoms with van der Waals surface area (Å²) in [6.45, 7) is 0.817. The van der Waals surface area contributed by atoms with Crippen LogP contribution in [0.4, 0.5) is 0 Å². The van der Waals surface area contributed by atoms with Gasteiger partial charge in [-0.3, -0.25) is 0 Å². The maximum absolute atomic E-state index is 9.90. The lowest BCUT2D eigenvalue weighted by Crippen LogP contribution is -2.59. The van der Waals surface area contributed by atoms with Crippen molar-refractivity contribution < 1.29 is 24.4 Å². The van der Waals surface area contributed by atoms with E-state index >= 15 is 0 Å². The summed E-state index contributed by atoms with van der Waals surface area (Å²) in [4.78, 5) is 2.64. The first-order chi connectivity index (χ1) is 8.24. The monoisotopic (exact) mass is 261 g/mol. The molecular weight excluding hydrogens is 242 g/mol. The number of fused-ring (bicyclic) bond motifs is 6. The number of rotatable bonds is 2. The first-order valence-corrected chi connectivity index (χ1v) is 5.49. The van der Waals surface area contributed by atoms with Gasteiger partial charge < -0.3 is 24.4 Å². The molecule has 104 valence electrons. The van der Waals surface area contributed by atoms with Crippen LogP contribution in [0, 0.1) is 0 Å². The van der Waals surface area contributed by atoms with Crippen LogP contribution in [0.25, 0.3) is 10.4 Å². The Hall–Kier alpha value is -0.890. The number of ether oxygens (including phenoxy) is 3. The number of hydrogen-bond acceptors (Lipinski definition) is 6. The van der Waals surface area contributed by atoms with Crippen LogP contribution in [0.1, 0.15) is 13.8 Å². The highest BCUT2D eigenvalue weighted by Gasteiger charge is 2.45. The van der Waals surface area contributed by atoms with Gasteiger partial charge in [0.05, 0.1) is 19.3 Å². The van der Waals surface area contributed by atoms with Gasteiger partial charge in [0.15, 0.2) is 6.29 Å². The van der Waals surface area contributed by atoms with Gasteiger partial charge >= 0.3 is 0 Å². The summed E-state index contributed by atoms with van der Waals surface area (Å²) < 4.78 is 16.2. The lowest BCUT2D eigenvalue weighted by atomic mass is 9.99. The molecule has 5 unspecified atom stereocenters. The van der Waals surface area contributed by atoms with Crippen LogP contribution in [0.3, 0.4) is 0 Å². The second-order valence-electron chi connectivity index (χ2n) is 4.00. The van der Waals surface area contributed by atoms with E-state index in [2.05, 4.69) is 10.0 Å². The first-order valence-electron chi connectivity index (χ1n) is 5.49. The Bertz CT molecular complexity index is 308. The Morgan fingerprint density at radius 2 is 1.94 bits per heavy atom. The normalized spacial score (nSPS) is 39.8. The fourth-order valence-corrected chi connectivity index (χ4v) is 1.99. The fourth-order valence-electron chi connectivity index (χ4n) is 1.99. The third-order valence-corrected chi connectivity index (χ3v) is 2.85. The molecule has 3 rings (SSSR count). The summed E-state index contributed by atoms with van der Waals surface area (Å²) in [5.74, 6) is 0. The standard InChI is InChI=1S/C9H15N3O5.CH4/c10-12-11-4-5-8-6(13)7(14)9(17-5)16-3-1-2-15-8;/h5-9,13-14H,1-4H2;1H4. The van der Waals surface area contributed by atoms with E-state index in [1.165, 1.54) is 0 Å². The van der Waals surface area contributed by atoms with Crippen LogP contribution < -0.4 is 0 Å². The minimum Gasteiger partial charge on any atom is -0.387 e. The molecule has 0 aliphatic carbocycles. The van der Waals surface area contributed by atoms with Crippen LogP contribution in [-0.4, -0.2) is 60.7 Å². The Morgan fingerprint density at radius 1 is 1.22 bits per heavy atom. The molecule has 3 saturated heterocycles. The zero-order valence-electron chi connectivity index (χ0n) is 9.18. The highest BCUT2D eigenvalue weighted by molar-refractivity contribution is 4.92. The van der Waals surface area contributed by atoms with Crippen molar-refractivity contribution in [3.8, 4) is 0 Å². The quantitative estimate of drug-likeness (QED) is 0.418. The highest BCUT2D eigenvalue weighted by Crippen LogP contribution is 2.26. The minimum absolute atomic E-state index is 0. The lowest BCUT2D eigenvalue weighted by molar-refractivity contribution is -0.291. The summed E-state index contributed by atoms with van der Waals surface area (Å²) in [5, 5.41) is 23.1. The van der Waals surface area contributed by atoms with Crippen molar-refractivity contribution in [1.82, 2.24) is 0 Å². The second kappa shape index (κ2) is 6.89. The van der Waals surface area contributed by atoms with E-state index in [0.29, 0.717) is 19.6 Å². The van der Waals surface area contributed by atoms with Gasteiger partial charge in [-0.2, -0.15) is 0 Å². The third kappa shape index (κ3) is 3.11. The molecule has 2 N–H and O–H groups in total. The second-order valence-corrected chi connectivity index (χ2v) is 4.00. The molecule has 5 atom stereocenters. The Balaban J connectivity index is 0.00000162. The molecule has 0 aromatic carbocycles. The molecule has 0 aromatic heterocycles. The van der Waals surface area contributed by atoms with E-state index in [-0.39, 0.29) is 14.0 Å². The molecular formula is C10H19N3O5. The predicted molar refractivity (Wildman–Crippen MR) is 61.7 cm³/mol. The molecule has 3 aliphatic heterocycles. The number of azide groups is 1.